The van der Waals surface area contributed by atoms with E-state index in [-0.39, 0.29) is 12.5 Å². The number of rotatable bonds is 4. The second kappa shape index (κ2) is 8.25. The quantitative estimate of drug-likeness (QED) is 0.839. The highest BCUT2D eigenvalue weighted by molar-refractivity contribution is 7.99. The molecule has 0 aliphatic carbocycles. The van der Waals surface area contributed by atoms with Crippen LogP contribution in [0.2, 0.25) is 0 Å². The molecule has 4 heteroatoms. The Balaban J connectivity index is 1.53. The van der Waals surface area contributed by atoms with Crippen LogP contribution >= 0.6 is 11.8 Å². The molecular weight excluding hydrogens is 318 g/mol. The molecule has 1 amide bonds. The van der Waals surface area contributed by atoms with Crippen LogP contribution < -0.4 is 4.74 Å². The lowest BCUT2D eigenvalue weighted by atomic mass is 10.1. The van der Waals surface area contributed by atoms with Crippen LogP contribution in [0, 0.1) is 6.92 Å². The molecule has 1 heterocycles. The van der Waals surface area contributed by atoms with Crippen LogP contribution in [-0.2, 0) is 4.79 Å². The normalized spacial score (nSPS) is 18.0. The Bertz CT molecular complexity index is 674. The van der Waals surface area contributed by atoms with Crippen molar-refractivity contribution in [2.24, 2.45) is 0 Å². The third-order valence-corrected chi connectivity index (χ3v) is 5.55. The lowest BCUT2D eigenvalue weighted by Crippen LogP contribution is -2.36. The van der Waals surface area contributed by atoms with Crippen LogP contribution in [0.1, 0.15) is 22.8 Å². The summed E-state index contributed by atoms with van der Waals surface area (Å²) in [6.07, 6.45) is 0.991. The highest BCUT2D eigenvalue weighted by Crippen LogP contribution is 2.34. The van der Waals surface area contributed by atoms with E-state index in [1.165, 1.54) is 5.56 Å². The van der Waals surface area contributed by atoms with Gasteiger partial charge in [0.1, 0.15) is 5.75 Å². The van der Waals surface area contributed by atoms with Crippen molar-refractivity contribution >= 4 is 17.7 Å². The summed E-state index contributed by atoms with van der Waals surface area (Å²) in [5.41, 5.74) is 2.49. The summed E-state index contributed by atoms with van der Waals surface area (Å²) in [5.74, 6) is 1.80. The van der Waals surface area contributed by atoms with Gasteiger partial charge in [-0.1, -0.05) is 42.5 Å². The molecule has 0 N–H and O–H groups in total. The average molecular weight is 341 g/mol. The summed E-state index contributed by atoms with van der Waals surface area (Å²) >= 11 is 1.94. The van der Waals surface area contributed by atoms with E-state index in [2.05, 4.69) is 24.3 Å². The van der Waals surface area contributed by atoms with E-state index in [1.54, 1.807) is 0 Å². The molecule has 0 radical (unpaired) electrons. The fourth-order valence-corrected chi connectivity index (χ4v) is 4.13. The minimum Gasteiger partial charge on any atom is -0.484 e. The van der Waals surface area contributed by atoms with E-state index in [9.17, 15) is 4.79 Å². The van der Waals surface area contributed by atoms with E-state index < -0.39 is 0 Å². The van der Waals surface area contributed by atoms with Crippen molar-refractivity contribution in [3.8, 4) is 5.75 Å². The fraction of sp³-hybridized carbons (Fsp3) is 0.350. The number of carbonyl (C=O) groups is 1. The van der Waals surface area contributed by atoms with Crippen molar-refractivity contribution in [3.63, 3.8) is 0 Å². The smallest absolute Gasteiger partial charge is 0.260 e. The van der Waals surface area contributed by atoms with Gasteiger partial charge in [0.15, 0.2) is 6.61 Å². The third kappa shape index (κ3) is 4.54. The van der Waals surface area contributed by atoms with E-state index in [0.29, 0.717) is 5.25 Å². The van der Waals surface area contributed by atoms with Gasteiger partial charge >= 0.3 is 0 Å². The molecule has 3 nitrogen and oxygen atoms in total. The van der Waals surface area contributed by atoms with Crippen LogP contribution in [0.4, 0.5) is 0 Å². The van der Waals surface area contributed by atoms with E-state index in [0.717, 1.165) is 36.6 Å². The van der Waals surface area contributed by atoms with Gasteiger partial charge in [0.05, 0.1) is 0 Å². The van der Waals surface area contributed by atoms with Gasteiger partial charge in [0.25, 0.3) is 5.91 Å². The molecule has 2 aromatic rings. The molecule has 0 saturated carbocycles. The number of hydrogen-bond donors (Lipinski definition) is 0. The number of hydrogen-bond acceptors (Lipinski definition) is 3. The predicted molar refractivity (Wildman–Crippen MR) is 99.5 cm³/mol. The molecule has 24 heavy (non-hydrogen) atoms. The SMILES string of the molecule is Cc1cccc(OCC(=O)N2CCSC(c3ccccc3)CC2)c1. The highest BCUT2D eigenvalue weighted by Gasteiger charge is 2.22. The number of aryl methyl sites for hydroxylation is 1. The number of ether oxygens (including phenoxy) is 1. The number of amides is 1. The molecule has 2 aromatic carbocycles. The first-order chi connectivity index (χ1) is 11.7. The van der Waals surface area contributed by atoms with Crippen LogP contribution in [0.5, 0.6) is 5.75 Å². The van der Waals surface area contributed by atoms with Gasteiger partial charge in [-0.25, -0.2) is 0 Å². The molecule has 1 fully saturated rings. The minimum atomic E-state index is 0.0748. The van der Waals surface area contributed by atoms with Gasteiger partial charge in [0.2, 0.25) is 0 Å². The summed E-state index contributed by atoms with van der Waals surface area (Å²) in [4.78, 5) is 14.4. The third-order valence-electron chi connectivity index (χ3n) is 4.22. The van der Waals surface area contributed by atoms with Crippen molar-refractivity contribution in [2.75, 3.05) is 25.4 Å². The molecule has 0 aromatic heterocycles. The van der Waals surface area contributed by atoms with E-state index >= 15 is 0 Å². The molecule has 1 aliphatic heterocycles. The Kier molecular flexibility index (Phi) is 5.81. The molecule has 0 bridgehead atoms. The molecule has 1 saturated heterocycles. The minimum absolute atomic E-state index is 0.0748. The van der Waals surface area contributed by atoms with Crippen LogP contribution in [0.25, 0.3) is 0 Å². The van der Waals surface area contributed by atoms with Crippen molar-refractivity contribution in [3.05, 3.63) is 65.7 Å². The second-order valence-corrected chi connectivity index (χ2v) is 7.36. The zero-order chi connectivity index (χ0) is 16.8. The first-order valence-electron chi connectivity index (χ1n) is 8.36. The summed E-state index contributed by atoms with van der Waals surface area (Å²) in [6.45, 7) is 3.72. The first-order valence-corrected chi connectivity index (χ1v) is 9.41. The largest absolute Gasteiger partial charge is 0.484 e. The van der Waals surface area contributed by atoms with Crippen molar-refractivity contribution in [1.82, 2.24) is 4.90 Å². The van der Waals surface area contributed by atoms with Gasteiger partial charge in [-0.15, -0.1) is 0 Å². The number of carbonyl (C=O) groups excluding carboxylic acids is 1. The first kappa shape index (κ1) is 16.9. The van der Waals surface area contributed by atoms with Gasteiger partial charge in [-0.3, -0.25) is 4.79 Å². The predicted octanol–water partition coefficient (Wildman–Crippen LogP) is 4.08. The van der Waals surface area contributed by atoms with Gasteiger partial charge < -0.3 is 9.64 Å². The number of benzene rings is 2. The Morgan fingerprint density at radius 3 is 2.79 bits per heavy atom. The lowest BCUT2D eigenvalue weighted by molar-refractivity contribution is -0.133. The maximum Gasteiger partial charge on any atom is 0.260 e. The van der Waals surface area contributed by atoms with Crippen LogP contribution in [-0.4, -0.2) is 36.3 Å². The fourth-order valence-electron chi connectivity index (χ4n) is 2.89. The Morgan fingerprint density at radius 2 is 2.00 bits per heavy atom. The molecule has 1 unspecified atom stereocenters. The van der Waals surface area contributed by atoms with Gasteiger partial charge in [-0.05, 0) is 36.6 Å². The Hall–Kier alpha value is -1.94. The van der Waals surface area contributed by atoms with Crippen molar-refractivity contribution < 1.29 is 9.53 Å². The lowest BCUT2D eigenvalue weighted by Gasteiger charge is -2.20. The van der Waals surface area contributed by atoms with E-state index in [1.807, 2.05) is 53.9 Å². The molecule has 1 aliphatic rings. The van der Waals surface area contributed by atoms with E-state index in [4.69, 9.17) is 4.74 Å². The summed E-state index contributed by atoms with van der Waals surface area (Å²) < 4.78 is 5.66. The summed E-state index contributed by atoms with van der Waals surface area (Å²) in [7, 11) is 0. The number of nitrogens with zero attached hydrogens (tertiary/aromatic N) is 1. The highest BCUT2D eigenvalue weighted by atomic mass is 32.2. The Morgan fingerprint density at radius 1 is 1.17 bits per heavy atom. The number of thioether (sulfide) groups is 1. The van der Waals surface area contributed by atoms with Crippen molar-refractivity contribution in [1.29, 1.82) is 0 Å². The maximum absolute atomic E-state index is 12.4. The zero-order valence-corrected chi connectivity index (χ0v) is 14.8. The standard InChI is InChI=1S/C20H23NO2S/c1-16-6-5-9-18(14-16)23-15-20(22)21-11-10-19(24-13-12-21)17-7-3-2-4-8-17/h2-9,14,19H,10-13,15H2,1H3. The summed E-state index contributed by atoms with van der Waals surface area (Å²) in [6, 6.07) is 18.4. The molecule has 3 rings (SSSR count). The zero-order valence-electron chi connectivity index (χ0n) is 14.0. The Labute approximate surface area is 148 Å². The average Bonchev–Trinajstić information content (AvgIpc) is 2.87. The monoisotopic (exact) mass is 341 g/mol. The van der Waals surface area contributed by atoms with Crippen LogP contribution in [0.15, 0.2) is 54.6 Å². The maximum atomic E-state index is 12.4. The molecular formula is C20H23NO2S. The molecule has 126 valence electrons. The summed E-state index contributed by atoms with van der Waals surface area (Å²) in [5, 5.41) is 0.474. The molecule has 0 spiro atoms. The van der Waals surface area contributed by atoms with Gasteiger partial charge in [0, 0.05) is 24.1 Å². The second-order valence-electron chi connectivity index (χ2n) is 6.04. The van der Waals surface area contributed by atoms with Crippen LogP contribution in [0.3, 0.4) is 0 Å². The van der Waals surface area contributed by atoms with Crippen molar-refractivity contribution in [2.45, 2.75) is 18.6 Å². The topological polar surface area (TPSA) is 29.5 Å². The molecule has 1 atom stereocenters. The van der Waals surface area contributed by atoms with Gasteiger partial charge in [-0.2, -0.15) is 11.8 Å².